The highest BCUT2D eigenvalue weighted by Crippen LogP contribution is 2.34. The van der Waals surface area contributed by atoms with E-state index in [1.54, 1.807) is 29.6 Å². The van der Waals surface area contributed by atoms with Crippen molar-refractivity contribution in [3.8, 4) is 0 Å². The van der Waals surface area contributed by atoms with E-state index in [1.807, 2.05) is 56.3 Å². The zero-order valence-electron chi connectivity index (χ0n) is 18.2. The Balaban J connectivity index is 2.12. The average Bonchev–Trinajstić information content (AvgIpc) is 3.12. The van der Waals surface area contributed by atoms with E-state index in [1.165, 1.54) is 4.90 Å². The monoisotopic (exact) mass is 433 g/mol. The van der Waals surface area contributed by atoms with E-state index in [0.717, 1.165) is 21.2 Å². The van der Waals surface area contributed by atoms with Crippen molar-refractivity contribution >= 4 is 34.8 Å². The number of carbonyl (C=O) groups is 2. The summed E-state index contributed by atoms with van der Waals surface area (Å²) in [5, 5.41) is 0.857. The van der Waals surface area contributed by atoms with Crippen LogP contribution >= 0.6 is 11.3 Å². The normalized spacial score (nSPS) is 19.9. The van der Waals surface area contributed by atoms with Gasteiger partial charge in [0.15, 0.2) is 0 Å². The van der Waals surface area contributed by atoms with Crippen molar-refractivity contribution in [3.05, 3.63) is 88.0 Å². The summed E-state index contributed by atoms with van der Waals surface area (Å²) >= 11 is 1.59. The molecule has 0 unspecified atom stereocenters. The van der Waals surface area contributed by atoms with Gasteiger partial charge in [-0.2, -0.15) is 0 Å². The maximum atomic E-state index is 13.2. The molecular formula is C25H27N3O2S. The molecule has 1 aliphatic heterocycles. The van der Waals surface area contributed by atoms with Gasteiger partial charge in [-0.3, -0.25) is 14.5 Å². The minimum absolute atomic E-state index is 0.303. The molecule has 0 spiro atoms. The van der Waals surface area contributed by atoms with Crippen LogP contribution < -0.4 is 0 Å². The van der Waals surface area contributed by atoms with Gasteiger partial charge in [-0.25, -0.2) is 4.98 Å². The van der Waals surface area contributed by atoms with Crippen LogP contribution in [0.2, 0.25) is 0 Å². The Morgan fingerprint density at radius 1 is 1.29 bits per heavy atom. The predicted octanol–water partition coefficient (Wildman–Crippen LogP) is 4.20. The fourth-order valence-corrected chi connectivity index (χ4v) is 4.36. The number of nitrogens with zero attached hydrogens (tertiary/aromatic N) is 3. The smallest absolute Gasteiger partial charge is 0.261 e. The summed E-state index contributed by atoms with van der Waals surface area (Å²) in [5.74, 6) is -0.628. The number of amides is 2. The molecule has 1 aliphatic carbocycles. The first-order valence-corrected chi connectivity index (χ1v) is 10.9. The van der Waals surface area contributed by atoms with E-state index in [4.69, 9.17) is 4.98 Å². The fourth-order valence-electron chi connectivity index (χ4n) is 3.34. The summed E-state index contributed by atoms with van der Waals surface area (Å²) in [4.78, 5) is 35.3. The molecule has 0 radical (unpaired) electrons. The summed E-state index contributed by atoms with van der Waals surface area (Å²) in [6, 6.07) is 0. The molecule has 1 aromatic rings. The van der Waals surface area contributed by atoms with Gasteiger partial charge in [0.05, 0.1) is 5.69 Å². The number of thiazole rings is 1. The van der Waals surface area contributed by atoms with Crippen LogP contribution in [0.1, 0.15) is 22.5 Å². The molecule has 1 aromatic heterocycles. The van der Waals surface area contributed by atoms with Crippen LogP contribution in [0.25, 0.3) is 11.6 Å². The average molecular weight is 434 g/mol. The number of aromatic nitrogens is 1. The summed E-state index contributed by atoms with van der Waals surface area (Å²) in [6.07, 6.45) is 15.7. The maximum absolute atomic E-state index is 13.2. The first-order chi connectivity index (χ1) is 14.9. The molecule has 5 nitrogen and oxygen atoms in total. The molecule has 3 rings (SSSR count). The van der Waals surface area contributed by atoms with Crippen LogP contribution in [-0.2, 0) is 16.0 Å². The lowest BCUT2D eigenvalue weighted by molar-refractivity contribution is -0.140. The topological polar surface area (TPSA) is 53.5 Å². The number of fused-ring (bicyclic) bond motifs is 3. The third-order valence-corrected chi connectivity index (χ3v) is 6.12. The Morgan fingerprint density at radius 3 is 2.71 bits per heavy atom. The van der Waals surface area contributed by atoms with Gasteiger partial charge in [0.25, 0.3) is 11.8 Å². The van der Waals surface area contributed by atoms with Crippen LogP contribution in [0, 0.1) is 0 Å². The van der Waals surface area contributed by atoms with Crippen LogP contribution in [0.5, 0.6) is 0 Å². The van der Waals surface area contributed by atoms with Crippen molar-refractivity contribution in [1.29, 1.82) is 0 Å². The predicted molar refractivity (Wildman–Crippen MR) is 128 cm³/mol. The molecule has 0 aromatic carbocycles. The van der Waals surface area contributed by atoms with E-state index in [9.17, 15) is 9.59 Å². The van der Waals surface area contributed by atoms with E-state index in [0.29, 0.717) is 36.2 Å². The second-order valence-corrected chi connectivity index (χ2v) is 8.58. The number of allylic oxidation sites excluding steroid dienone is 8. The number of imide groups is 1. The molecule has 1 fully saturated rings. The van der Waals surface area contributed by atoms with Crippen molar-refractivity contribution in [2.45, 2.75) is 13.3 Å². The van der Waals surface area contributed by atoms with Gasteiger partial charge in [-0.15, -0.1) is 11.3 Å². The molecule has 2 bridgehead atoms. The zero-order chi connectivity index (χ0) is 22.5. The lowest BCUT2D eigenvalue weighted by Crippen LogP contribution is -2.46. The first kappa shape index (κ1) is 22.6. The molecule has 2 amide bonds. The minimum atomic E-state index is -0.325. The summed E-state index contributed by atoms with van der Waals surface area (Å²) in [7, 11) is 3.82. The lowest BCUT2D eigenvalue weighted by Gasteiger charge is -2.30. The lowest BCUT2D eigenvalue weighted by atomic mass is 9.90. The fraction of sp³-hybridized carbons (Fsp3) is 0.240. The van der Waals surface area contributed by atoms with Gasteiger partial charge in [-0.1, -0.05) is 49.6 Å². The highest BCUT2D eigenvalue weighted by Gasteiger charge is 2.36. The Labute approximate surface area is 187 Å². The molecule has 2 aliphatic rings. The van der Waals surface area contributed by atoms with Crippen molar-refractivity contribution < 1.29 is 9.59 Å². The van der Waals surface area contributed by atoms with Crippen molar-refractivity contribution in [2.24, 2.45) is 0 Å². The number of piperidine rings is 1. The molecule has 1 saturated heterocycles. The second-order valence-electron chi connectivity index (χ2n) is 7.50. The standard InChI is InChI=1S/C25H27N3O2S/c1-6-10-18(11-7-2)23-26-21-16-20-17(3)19(12-8-9-13-22(21)31-23)24(29)28(25(20)30)15-14-27(4)5/h6-12,16H,1,3,13-15H2,2,4-5H3/b9-8-,11-7-,18-10+,19-12+,20-16?. The van der Waals surface area contributed by atoms with Crippen LogP contribution in [0.3, 0.4) is 0 Å². The Morgan fingerprint density at radius 2 is 2.03 bits per heavy atom. The molecule has 2 heterocycles. The van der Waals surface area contributed by atoms with Crippen molar-refractivity contribution in [2.75, 3.05) is 27.2 Å². The SMILES string of the molecule is C=C/C=C(\C=C/C)c1nc2c(s1)C/C=C\C=C1/C(=C)C(=C2)C(=O)N(CCN(C)C)C1=O. The molecule has 160 valence electrons. The molecule has 0 N–H and O–H groups in total. The van der Waals surface area contributed by atoms with E-state index in [-0.39, 0.29) is 11.8 Å². The number of likely N-dealkylation sites (tertiary alicyclic amines) is 1. The molecule has 6 heteroatoms. The first-order valence-electron chi connectivity index (χ1n) is 10.1. The summed E-state index contributed by atoms with van der Waals surface area (Å²) in [5.41, 5.74) is 3.00. The van der Waals surface area contributed by atoms with Gasteiger partial charge in [-0.05, 0) is 38.7 Å². The van der Waals surface area contributed by atoms with E-state index >= 15 is 0 Å². The van der Waals surface area contributed by atoms with Gasteiger partial charge in [0.1, 0.15) is 5.01 Å². The second kappa shape index (κ2) is 9.81. The third kappa shape index (κ3) is 4.81. The highest BCUT2D eigenvalue weighted by molar-refractivity contribution is 7.13. The quantitative estimate of drug-likeness (QED) is 0.498. The molecule has 31 heavy (non-hydrogen) atoms. The van der Waals surface area contributed by atoms with Crippen molar-refractivity contribution in [1.82, 2.24) is 14.8 Å². The van der Waals surface area contributed by atoms with Crippen LogP contribution in [0.4, 0.5) is 0 Å². The van der Waals surface area contributed by atoms with Gasteiger partial charge in [0, 0.05) is 41.1 Å². The number of hydrogen-bond donors (Lipinski definition) is 0. The maximum Gasteiger partial charge on any atom is 0.261 e. The third-order valence-electron chi connectivity index (χ3n) is 4.97. The Bertz CT molecular complexity index is 1080. The number of carbonyl (C=O) groups excluding carboxylic acids is 2. The highest BCUT2D eigenvalue weighted by atomic mass is 32.1. The largest absolute Gasteiger partial charge is 0.308 e. The van der Waals surface area contributed by atoms with Crippen LogP contribution in [-0.4, -0.2) is 53.8 Å². The number of hydrogen-bond acceptors (Lipinski definition) is 5. The Kier molecular flexibility index (Phi) is 7.15. The number of likely N-dealkylation sites (N-methyl/N-ethyl adjacent to an activating group) is 1. The zero-order valence-corrected chi connectivity index (χ0v) is 19.0. The molecule has 0 saturated carbocycles. The van der Waals surface area contributed by atoms with Crippen LogP contribution in [0.15, 0.2) is 72.4 Å². The van der Waals surface area contributed by atoms with Gasteiger partial charge < -0.3 is 4.90 Å². The van der Waals surface area contributed by atoms with Gasteiger partial charge in [0.2, 0.25) is 0 Å². The van der Waals surface area contributed by atoms with Gasteiger partial charge >= 0.3 is 0 Å². The van der Waals surface area contributed by atoms with Crippen molar-refractivity contribution in [3.63, 3.8) is 0 Å². The Hall–Kier alpha value is -3.09. The molecular weight excluding hydrogens is 406 g/mol. The number of rotatable bonds is 6. The molecule has 0 atom stereocenters. The van der Waals surface area contributed by atoms with E-state index < -0.39 is 0 Å². The minimum Gasteiger partial charge on any atom is -0.308 e. The summed E-state index contributed by atoms with van der Waals surface area (Å²) in [6.45, 7) is 10.7. The van der Waals surface area contributed by atoms with E-state index in [2.05, 4.69) is 13.2 Å². The summed E-state index contributed by atoms with van der Waals surface area (Å²) < 4.78 is 0.